The number of hydrogen-bond acceptors (Lipinski definition) is 5. The number of furan rings is 1. The summed E-state index contributed by atoms with van der Waals surface area (Å²) >= 11 is 0. The molecule has 1 atom stereocenters. The molecule has 2 aromatic carbocycles. The average molecular weight is 463 g/mol. The fourth-order valence-corrected chi connectivity index (χ4v) is 4.21. The fourth-order valence-electron chi connectivity index (χ4n) is 4.21. The molecule has 0 bridgehead atoms. The summed E-state index contributed by atoms with van der Waals surface area (Å²) < 4.78 is 10.7. The Morgan fingerprint density at radius 2 is 1.65 bits per heavy atom. The molecule has 8 heteroatoms. The van der Waals surface area contributed by atoms with Crippen LogP contribution >= 0.6 is 0 Å². The number of fused-ring (bicyclic) bond motifs is 3. The van der Waals surface area contributed by atoms with Gasteiger partial charge in [0.15, 0.2) is 0 Å². The number of aromatic carboxylic acids is 1. The third-order valence-corrected chi connectivity index (χ3v) is 5.88. The van der Waals surface area contributed by atoms with Crippen LogP contribution in [0.1, 0.15) is 46.7 Å². The number of carbonyl (C=O) groups excluding carboxylic acids is 2. The zero-order valence-corrected chi connectivity index (χ0v) is 19.0. The predicted octanol–water partition coefficient (Wildman–Crippen LogP) is 4.25. The van der Waals surface area contributed by atoms with Gasteiger partial charge in [-0.1, -0.05) is 48.5 Å². The summed E-state index contributed by atoms with van der Waals surface area (Å²) in [4.78, 5) is 37.2. The lowest BCUT2D eigenvalue weighted by atomic mass is 9.98. The van der Waals surface area contributed by atoms with Crippen LogP contribution in [0.5, 0.6) is 0 Å². The summed E-state index contributed by atoms with van der Waals surface area (Å²) in [5.41, 5.74) is 4.57. The van der Waals surface area contributed by atoms with E-state index in [0.29, 0.717) is 5.76 Å². The SMILES string of the molecule is C[C@H](CC(=O)N(C)Cc1ccc(C(=O)O)o1)NC(=O)OCC1c2ccccc2-c2ccccc21. The summed E-state index contributed by atoms with van der Waals surface area (Å²) in [6.07, 6.45) is -0.519. The third-order valence-electron chi connectivity index (χ3n) is 5.88. The fraction of sp³-hybridized carbons (Fsp3) is 0.269. The number of nitrogens with zero attached hydrogens (tertiary/aromatic N) is 1. The molecule has 176 valence electrons. The van der Waals surface area contributed by atoms with Gasteiger partial charge in [-0.3, -0.25) is 4.79 Å². The first kappa shape index (κ1) is 23.1. The molecule has 1 aromatic heterocycles. The van der Waals surface area contributed by atoms with Gasteiger partial charge in [0.05, 0.1) is 6.54 Å². The van der Waals surface area contributed by atoms with E-state index >= 15 is 0 Å². The highest BCUT2D eigenvalue weighted by atomic mass is 16.5. The number of carboxylic acids is 1. The average Bonchev–Trinajstić information content (AvgIpc) is 3.40. The van der Waals surface area contributed by atoms with Crippen LogP contribution in [0.2, 0.25) is 0 Å². The van der Waals surface area contributed by atoms with Gasteiger partial charge in [0.1, 0.15) is 12.4 Å². The lowest BCUT2D eigenvalue weighted by Gasteiger charge is -2.20. The number of ether oxygens (including phenoxy) is 1. The van der Waals surface area contributed by atoms with E-state index < -0.39 is 18.1 Å². The van der Waals surface area contributed by atoms with Crippen LogP contribution in [0, 0.1) is 0 Å². The Labute approximate surface area is 197 Å². The van der Waals surface area contributed by atoms with E-state index in [4.69, 9.17) is 14.3 Å². The number of rotatable bonds is 8. The van der Waals surface area contributed by atoms with Crippen molar-refractivity contribution in [1.82, 2.24) is 10.2 Å². The molecule has 0 fully saturated rings. The van der Waals surface area contributed by atoms with Gasteiger partial charge >= 0.3 is 12.1 Å². The molecule has 8 nitrogen and oxygen atoms in total. The Hall–Kier alpha value is -4.07. The highest BCUT2D eigenvalue weighted by Crippen LogP contribution is 2.44. The zero-order valence-electron chi connectivity index (χ0n) is 19.0. The van der Waals surface area contributed by atoms with Gasteiger partial charge in [0, 0.05) is 25.4 Å². The molecule has 0 radical (unpaired) electrons. The highest BCUT2D eigenvalue weighted by Gasteiger charge is 2.29. The van der Waals surface area contributed by atoms with E-state index in [1.807, 2.05) is 24.3 Å². The van der Waals surface area contributed by atoms with E-state index in [9.17, 15) is 14.4 Å². The standard InChI is InChI=1S/C26H26N2O6/c1-16(13-24(29)28(2)14-17-11-12-23(34-17)25(30)31)27-26(32)33-15-22-20-9-5-3-7-18(20)19-8-4-6-10-21(19)22/h3-12,16,22H,13-15H2,1-2H3,(H,27,32)(H,30,31)/t16-/m1/s1. The van der Waals surface area contributed by atoms with Crippen LogP contribution in [0.4, 0.5) is 4.79 Å². The monoisotopic (exact) mass is 462 g/mol. The second kappa shape index (κ2) is 9.82. The summed E-state index contributed by atoms with van der Waals surface area (Å²) in [5, 5.41) is 11.6. The van der Waals surface area contributed by atoms with E-state index in [0.717, 1.165) is 22.3 Å². The molecule has 4 rings (SSSR count). The van der Waals surface area contributed by atoms with E-state index in [2.05, 4.69) is 29.6 Å². The number of nitrogens with one attached hydrogen (secondary N) is 1. The molecule has 1 heterocycles. The molecule has 34 heavy (non-hydrogen) atoms. The number of alkyl carbamates (subject to hydrolysis) is 1. The first-order chi connectivity index (χ1) is 16.3. The first-order valence-corrected chi connectivity index (χ1v) is 11.0. The number of benzene rings is 2. The van der Waals surface area contributed by atoms with Crippen molar-refractivity contribution in [2.75, 3.05) is 13.7 Å². The van der Waals surface area contributed by atoms with Crippen molar-refractivity contribution < 1.29 is 28.6 Å². The molecule has 3 aromatic rings. The molecule has 2 N–H and O–H groups in total. The summed E-state index contributed by atoms with van der Waals surface area (Å²) in [7, 11) is 1.59. The molecule has 0 saturated carbocycles. The predicted molar refractivity (Wildman–Crippen MR) is 124 cm³/mol. The lowest BCUT2D eigenvalue weighted by Crippen LogP contribution is -2.38. The molecule has 0 aliphatic heterocycles. The first-order valence-electron chi connectivity index (χ1n) is 11.0. The highest BCUT2D eigenvalue weighted by molar-refractivity contribution is 5.84. The van der Waals surface area contributed by atoms with Crippen molar-refractivity contribution in [1.29, 1.82) is 0 Å². The molecule has 2 amide bonds. The van der Waals surface area contributed by atoms with Gasteiger partial charge in [-0.15, -0.1) is 0 Å². The molecule has 0 unspecified atom stereocenters. The maximum absolute atomic E-state index is 12.5. The van der Waals surface area contributed by atoms with Crippen LogP contribution < -0.4 is 5.32 Å². The lowest BCUT2D eigenvalue weighted by molar-refractivity contribution is -0.131. The zero-order chi connectivity index (χ0) is 24.2. The van der Waals surface area contributed by atoms with Gasteiger partial charge in [0.25, 0.3) is 0 Å². The minimum Gasteiger partial charge on any atom is -0.475 e. The van der Waals surface area contributed by atoms with Crippen LogP contribution in [-0.4, -0.2) is 47.7 Å². The maximum atomic E-state index is 12.5. The Bertz CT molecular complexity index is 1170. The summed E-state index contributed by atoms with van der Waals surface area (Å²) in [5.74, 6) is -1.24. The van der Waals surface area contributed by atoms with Gasteiger partial charge in [0.2, 0.25) is 11.7 Å². The Morgan fingerprint density at radius 3 is 2.24 bits per heavy atom. The second-order valence-electron chi connectivity index (χ2n) is 8.40. The third kappa shape index (κ3) is 4.96. The topological polar surface area (TPSA) is 109 Å². The summed E-state index contributed by atoms with van der Waals surface area (Å²) in [6.45, 7) is 2.05. The molecule has 0 saturated heterocycles. The number of carboxylic acid groups (broad SMARTS) is 1. The van der Waals surface area contributed by atoms with Crippen molar-refractivity contribution in [3.63, 3.8) is 0 Å². The normalized spacial score (nSPS) is 13.0. The van der Waals surface area contributed by atoms with E-state index in [1.165, 1.54) is 17.0 Å². The van der Waals surface area contributed by atoms with Crippen molar-refractivity contribution in [2.24, 2.45) is 0 Å². The second-order valence-corrected chi connectivity index (χ2v) is 8.40. The smallest absolute Gasteiger partial charge is 0.407 e. The molecular formula is C26H26N2O6. The van der Waals surface area contributed by atoms with Gasteiger partial charge < -0.3 is 24.5 Å². The summed E-state index contributed by atoms with van der Waals surface area (Å²) in [6, 6.07) is 18.6. The molecule has 1 aliphatic rings. The largest absolute Gasteiger partial charge is 0.475 e. The Balaban J connectivity index is 1.28. The number of hydrogen-bond donors (Lipinski definition) is 2. The van der Waals surface area contributed by atoms with Crippen molar-refractivity contribution in [2.45, 2.75) is 31.8 Å². The minimum atomic E-state index is -1.17. The molecule has 0 spiro atoms. The van der Waals surface area contributed by atoms with Gasteiger partial charge in [-0.05, 0) is 41.3 Å². The minimum absolute atomic E-state index is 0.0368. The molecule has 1 aliphatic carbocycles. The van der Waals surface area contributed by atoms with Crippen LogP contribution in [0.25, 0.3) is 11.1 Å². The Morgan fingerprint density at radius 1 is 1.03 bits per heavy atom. The van der Waals surface area contributed by atoms with Crippen molar-refractivity contribution in [3.05, 3.63) is 83.3 Å². The van der Waals surface area contributed by atoms with E-state index in [-0.39, 0.29) is 37.2 Å². The number of carbonyl (C=O) groups is 3. The Kier molecular flexibility index (Phi) is 6.67. The number of amides is 2. The van der Waals surface area contributed by atoms with Gasteiger partial charge in [-0.2, -0.15) is 0 Å². The molecular weight excluding hydrogens is 436 g/mol. The van der Waals surface area contributed by atoms with Crippen molar-refractivity contribution >= 4 is 18.0 Å². The van der Waals surface area contributed by atoms with Crippen molar-refractivity contribution in [3.8, 4) is 11.1 Å². The maximum Gasteiger partial charge on any atom is 0.407 e. The van der Waals surface area contributed by atoms with Crippen LogP contribution in [0.3, 0.4) is 0 Å². The van der Waals surface area contributed by atoms with Gasteiger partial charge in [-0.25, -0.2) is 9.59 Å². The quantitative estimate of drug-likeness (QED) is 0.518. The van der Waals surface area contributed by atoms with Crippen LogP contribution in [0.15, 0.2) is 65.1 Å². The van der Waals surface area contributed by atoms with Crippen LogP contribution in [-0.2, 0) is 16.1 Å². The van der Waals surface area contributed by atoms with E-state index in [1.54, 1.807) is 14.0 Å².